The monoisotopic (exact) mass is 293 g/mol. The molecule has 2 aromatic rings. The molecule has 0 bridgehead atoms. The highest BCUT2D eigenvalue weighted by Crippen LogP contribution is 2.24. The van der Waals surface area contributed by atoms with E-state index in [2.05, 4.69) is 5.16 Å². The zero-order chi connectivity index (χ0) is 14.7. The third-order valence-corrected chi connectivity index (χ3v) is 3.09. The van der Waals surface area contributed by atoms with Crippen LogP contribution in [0.25, 0.3) is 0 Å². The van der Waals surface area contributed by atoms with Crippen LogP contribution in [-0.4, -0.2) is 24.0 Å². The normalized spacial score (nSPS) is 11.4. The number of carbonyl (C=O) groups is 1. The zero-order valence-corrected chi connectivity index (χ0v) is 11.3. The smallest absolute Gasteiger partial charge is 0.262 e. The third-order valence-electron chi connectivity index (χ3n) is 2.80. The van der Waals surface area contributed by atoms with Crippen molar-refractivity contribution in [1.82, 2.24) is 0 Å². The van der Waals surface area contributed by atoms with Gasteiger partial charge in [-0.2, -0.15) is 0 Å². The number of oxime groups is 1. The van der Waals surface area contributed by atoms with Crippen LogP contribution >= 0.6 is 11.6 Å². The molecule has 20 heavy (non-hydrogen) atoms. The van der Waals surface area contributed by atoms with E-state index < -0.39 is 0 Å². The highest BCUT2D eigenvalue weighted by Gasteiger charge is 2.21. The Bertz CT molecular complexity index is 666. The molecule has 3 N–H and O–H groups in total. The van der Waals surface area contributed by atoms with Crippen LogP contribution in [0.3, 0.4) is 0 Å². The fraction of sp³-hybridized carbons (Fsp3) is 0.0769. The van der Waals surface area contributed by atoms with Gasteiger partial charge in [0.25, 0.3) is 5.91 Å². The Kier molecular flexibility index (Phi) is 3.95. The van der Waals surface area contributed by atoms with Gasteiger partial charge < -0.3 is 20.3 Å². The van der Waals surface area contributed by atoms with Gasteiger partial charge in [0.15, 0.2) is 5.84 Å². The van der Waals surface area contributed by atoms with Gasteiger partial charge in [-0.1, -0.05) is 17.3 Å². The number of hydrogen-bond acceptors (Lipinski definition) is 4. The van der Waals surface area contributed by atoms with Crippen molar-refractivity contribution in [3.8, 4) is 0 Å². The second-order valence-corrected chi connectivity index (χ2v) is 4.32. The highest BCUT2D eigenvalue weighted by molar-refractivity contribution is 6.33. The molecule has 0 aliphatic carbocycles. The van der Waals surface area contributed by atoms with E-state index in [4.69, 9.17) is 27.0 Å². The topological polar surface area (TPSA) is 92.1 Å². The lowest BCUT2D eigenvalue weighted by Gasteiger charge is -2.19. The predicted molar refractivity (Wildman–Crippen MR) is 75.4 cm³/mol. The molecule has 1 heterocycles. The molecule has 0 aliphatic rings. The molecule has 6 nitrogen and oxygen atoms in total. The number of amidine groups is 1. The SMILES string of the molecule is CN(C(=O)c1ccoc1Cl)c1ccccc1/C(N)=N/O. The summed E-state index contributed by atoms with van der Waals surface area (Å²) in [6, 6.07) is 8.27. The van der Waals surface area contributed by atoms with Crippen molar-refractivity contribution in [2.45, 2.75) is 0 Å². The summed E-state index contributed by atoms with van der Waals surface area (Å²) in [5, 5.41) is 11.8. The minimum atomic E-state index is -0.359. The number of furan rings is 1. The van der Waals surface area contributed by atoms with Gasteiger partial charge in [0.2, 0.25) is 5.22 Å². The molecular formula is C13H12ClN3O3. The number of hydrogen-bond donors (Lipinski definition) is 2. The summed E-state index contributed by atoms with van der Waals surface area (Å²) < 4.78 is 4.90. The van der Waals surface area contributed by atoms with Crippen molar-refractivity contribution in [1.29, 1.82) is 0 Å². The molecule has 1 amide bonds. The van der Waals surface area contributed by atoms with E-state index >= 15 is 0 Å². The van der Waals surface area contributed by atoms with Gasteiger partial charge in [0, 0.05) is 12.6 Å². The number of carbonyl (C=O) groups excluding carboxylic acids is 1. The van der Waals surface area contributed by atoms with E-state index in [1.165, 1.54) is 17.2 Å². The molecule has 0 saturated carbocycles. The van der Waals surface area contributed by atoms with Gasteiger partial charge >= 0.3 is 0 Å². The molecule has 0 aliphatic heterocycles. The molecule has 0 saturated heterocycles. The second kappa shape index (κ2) is 5.66. The fourth-order valence-corrected chi connectivity index (χ4v) is 1.97. The molecule has 1 aromatic carbocycles. The second-order valence-electron chi connectivity index (χ2n) is 3.97. The largest absolute Gasteiger partial charge is 0.452 e. The van der Waals surface area contributed by atoms with Gasteiger partial charge in [0.05, 0.1) is 17.5 Å². The maximum absolute atomic E-state index is 12.3. The van der Waals surface area contributed by atoms with E-state index in [0.717, 1.165) is 0 Å². The molecule has 0 radical (unpaired) electrons. The standard InChI is InChI=1S/C13H12ClN3O3/c1-17(13(18)9-6-7-20-11(9)14)10-5-3-2-4-8(10)12(15)16-19/h2-7,19H,1H3,(H2,15,16). The van der Waals surface area contributed by atoms with E-state index in [1.807, 2.05) is 0 Å². The van der Waals surface area contributed by atoms with E-state index in [9.17, 15) is 4.79 Å². The van der Waals surface area contributed by atoms with Crippen molar-refractivity contribution < 1.29 is 14.4 Å². The lowest BCUT2D eigenvalue weighted by Crippen LogP contribution is -2.29. The van der Waals surface area contributed by atoms with Crippen molar-refractivity contribution in [2.24, 2.45) is 10.9 Å². The van der Waals surface area contributed by atoms with Crippen LogP contribution in [0, 0.1) is 0 Å². The molecule has 0 unspecified atom stereocenters. The Balaban J connectivity index is 2.42. The summed E-state index contributed by atoms with van der Waals surface area (Å²) in [7, 11) is 1.56. The summed E-state index contributed by atoms with van der Waals surface area (Å²) in [5.74, 6) is -0.444. The lowest BCUT2D eigenvalue weighted by molar-refractivity contribution is 0.0992. The molecule has 0 atom stereocenters. The van der Waals surface area contributed by atoms with E-state index in [1.54, 1.807) is 31.3 Å². The van der Waals surface area contributed by atoms with Gasteiger partial charge in [-0.25, -0.2) is 0 Å². The van der Waals surface area contributed by atoms with E-state index in [-0.39, 0.29) is 22.5 Å². The first-order valence-corrected chi connectivity index (χ1v) is 6.02. The Morgan fingerprint density at radius 2 is 2.05 bits per heavy atom. The third kappa shape index (κ3) is 2.46. The van der Waals surface area contributed by atoms with Gasteiger partial charge in [0.1, 0.15) is 0 Å². The van der Waals surface area contributed by atoms with Crippen molar-refractivity contribution >= 4 is 29.0 Å². The number of para-hydroxylation sites is 1. The molecule has 104 valence electrons. The molecule has 1 aromatic heterocycles. The first-order chi connectivity index (χ1) is 9.56. The summed E-state index contributed by atoms with van der Waals surface area (Å²) in [6.45, 7) is 0. The Hall–Kier alpha value is -2.47. The first kappa shape index (κ1) is 14.0. The van der Waals surface area contributed by atoms with Gasteiger partial charge in [-0.15, -0.1) is 0 Å². The minimum Gasteiger partial charge on any atom is -0.452 e. The summed E-state index contributed by atoms with van der Waals surface area (Å²) >= 11 is 5.79. The number of anilines is 1. The first-order valence-electron chi connectivity index (χ1n) is 5.64. The maximum atomic E-state index is 12.3. The average Bonchev–Trinajstić information content (AvgIpc) is 2.91. The highest BCUT2D eigenvalue weighted by atomic mass is 35.5. The van der Waals surface area contributed by atoms with Gasteiger partial charge in [-0.3, -0.25) is 4.79 Å². The van der Waals surface area contributed by atoms with Gasteiger partial charge in [-0.05, 0) is 29.8 Å². The van der Waals surface area contributed by atoms with Crippen LogP contribution in [0.15, 0.2) is 46.2 Å². The Labute approximate surface area is 120 Å². The molecule has 7 heteroatoms. The lowest BCUT2D eigenvalue weighted by atomic mass is 10.1. The number of nitrogens with zero attached hydrogens (tertiary/aromatic N) is 2. The zero-order valence-electron chi connectivity index (χ0n) is 10.6. The predicted octanol–water partition coefficient (Wildman–Crippen LogP) is 2.30. The van der Waals surface area contributed by atoms with Crippen molar-refractivity contribution in [3.63, 3.8) is 0 Å². The number of rotatable bonds is 3. The Morgan fingerprint density at radius 3 is 2.65 bits per heavy atom. The molecular weight excluding hydrogens is 282 g/mol. The molecule has 0 fully saturated rings. The van der Waals surface area contributed by atoms with Crippen molar-refractivity contribution in [2.75, 3.05) is 11.9 Å². The van der Waals surface area contributed by atoms with Crippen LogP contribution in [0.1, 0.15) is 15.9 Å². The number of benzene rings is 1. The average molecular weight is 294 g/mol. The number of amides is 1. The molecule has 2 rings (SSSR count). The van der Waals surface area contributed by atoms with Crippen molar-refractivity contribution in [3.05, 3.63) is 52.9 Å². The van der Waals surface area contributed by atoms with Crippen LogP contribution < -0.4 is 10.6 Å². The fourth-order valence-electron chi connectivity index (χ4n) is 1.77. The van der Waals surface area contributed by atoms with Crippen LogP contribution in [0.4, 0.5) is 5.69 Å². The van der Waals surface area contributed by atoms with Crippen LogP contribution in [-0.2, 0) is 0 Å². The number of halogens is 1. The Morgan fingerprint density at radius 1 is 1.35 bits per heavy atom. The summed E-state index contributed by atoms with van der Waals surface area (Å²) in [5.41, 5.74) is 6.76. The quantitative estimate of drug-likeness (QED) is 0.393. The summed E-state index contributed by atoms with van der Waals surface area (Å²) in [6.07, 6.45) is 1.33. The van der Waals surface area contributed by atoms with E-state index in [0.29, 0.717) is 11.3 Å². The van der Waals surface area contributed by atoms with Crippen LogP contribution in [0.5, 0.6) is 0 Å². The molecule has 0 spiro atoms. The summed E-state index contributed by atoms with van der Waals surface area (Å²) in [4.78, 5) is 13.7. The number of nitrogens with two attached hydrogens (primary N) is 1. The minimum absolute atomic E-state index is 0.0168. The van der Waals surface area contributed by atoms with Crippen LogP contribution in [0.2, 0.25) is 5.22 Å². The maximum Gasteiger partial charge on any atom is 0.262 e.